The van der Waals surface area contributed by atoms with Gasteiger partial charge in [-0.1, -0.05) is 55.0 Å². The van der Waals surface area contributed by atoms with Crippen LogP contribution < -0.4 is 10.1 Å². The van der Waals surface area contributed by atoms with Crippen LogP contribution in [0.4, 0.5) is 0 Å². The van der Waals surface area contributed by atoms with Gasteiger partial charge in [-0.2, -0.15) is 0 Å². The zero-order chi connectivity index (χ0) is 16.5. The number of hydrogen-bond donors (Lipinski definition) is 1. The molecule has 1 N–H and O–H groups in total. The smallest absolute Gasteiger partial charge is 0.261 e. The number of hydrogen-bond acceptors (Lipinski definition) is 2. The Bertz CT molecular complexity index is 593. The Balaban J connectivity index is 1.75. The standard InChI is InChI=1S/C20H25NO2/c1-3-19(23-18-13-11-16(2)12-14-18)20(22)21-15-7-10-17-8-5-4-6-9-17/h4-6,8-9,11-14,19H,3,7,10,15H2,1-2H3,(H,21,22)/t19-/m1/s1. The summed E-state index contributed by atoms with van der Waals surface area (Å²) in [5.74, 6) is 0.697. The summed E-state index contributed by atoms with van der Waals surface area (Å²) >= 11 is 0. The lowest BCUT2D eigenvalue weighted by molar-refractivity contribution is -0.128. The van der Waals surface area contributed by atoms with Gasteiger partial charge in [0.1, 0.15) is 5.75 Å². The van der Waals surface area contributed by atoms with Crippen molar-refractivity contribution in [3.63, 3.8) is 0 Å². The van der Waals surface area contributed by atoms with Crippen molar-refractivity contribution >= 4 is 5.91 Å². The van der Waals surface area contributed by atoms with E-state index in [1.54, 1.807) is 0 Å². The van der Waals surface area contributed by atoms with Crippen molar-refractivity contribution in [2.75, 3.05) is 6.54 Å². The highest BCUT2D eigenvalue weighted by Crippen LogP contribution is 2.14. The summed E-state index contributed by atoms with van der Waals surface area (Å²) in [4.78, 5) is 12.2. The molecule has 2 aromatic rings. The van der Waals surface area contributed by atoms with Gasteiger partial charge in [0.15, 0.2) is 6.10 Å². The zero-order valence-corrected chi connectivity index (χ0v) is 13.9. The van der Waals surface area contributed by atoms with Crippen molar-refractivity contribution in [3.05, 3.63) is 65.7 Å². The Kier molecular flexibility index (Phi) is 6.67. The van der Waals surface area contributed by atoms with Crippen LogP contribution >= 0.6 is 0 Å². The molecule has 2 aromatic carbocycles. The fourth-order valence-corrected chi connectivity index (χ4v) is 2.37. The Morgan fingerprint density at radius 3 is 2.43 bits per heavy atom. The highest BCUT2D eigenvalue weighted by atomic mass is 16.5. The van der Waals surface area contributed by atoms with E-state index in [2.05, 4.69) is 17.4 Å². The summed E-state index contributed by atoms with van der Waals surface area (Å²) in [5.41, 5.74) is 2.47. The normalized spacial score (nSPS) is 11.7. The number of nitrogens with one attached hydrogen (secondary N) is 1. The van der Waals surface area contributed by atoms with Gasteiger partial charge in [0.25, 0.3) is 5.91 Å². The van der Waals surface area contributed by atoms with Gasteiger partial charge >= 0.3 is 0 Å². The zero-order valence-electron chi connectivity index (χ0n) is 13.9. The van der Waals surface area contributed by atoms with E-state index in [1.165, 1.54) is 11.1 Å². The summed E-state index contributed by atoms with van der Waals surface area (Å²) < 4.78 is 5.78. The van der Waals surface area contributed by atoms with E-state index >= 15 is 0 Å². The monoisotopic (exact) mass is 311 g/mol. The van der Waals surface area contributed by atoms with Gasteiger partial charge in [0.2, 0.25) is 0 Å². The molecule has 0 spiro atoms. The second-order valence-corrected chi connectivity index (χ2v) is 5.71. The number of carbonyl (C=O) groups excluding carboxylic acids is 1. The fourth-order valence-electron chi connectivity index (χ4n) is 2.37. The molecule has 0 aliphatic heterocycles. The molecule has 2 rings (SSSR count). The number of benzene rings is 2. The Labute approximate surface area is 138 Å². The summed E-state index contributed by atoms with van der Waals surface area (Å²) in [7, 11) is 0. The van der Waals surface area contributed by atoms with Gasteiger partial charge in [-0.15, -0.1) is 0 Å². The average Bonchev–Trinajstić information content (AvgIpc) is 2.59. The largest absolute Gasteiger partial charge is 0.481 e. The summed E-state index contributed by atoms with van der Waals surface area (Å²) in [6, 6.07) is 18.1. The quantitative estimate of drug-likeness (QED) is 0.751. The number of ether oxygens (including phenoxy) is 1. The summed E-state index contributed by atoms with van der Waals surface area (Å²) in [6.45, 7) is 4.66. The third kappa shape index (κ3) is 5.78. The van der Waals surface area contributed by atoms with Crippen LogP contribution in [-0.4, -0.2) is 18.6 Å². The SMILES string of the molecule is CC[C@@H](Oc1ccc(C)cc1)C(=O)NCCCc1ccccc1. The average molecular weight is 311 g/mol. The second-order valence-electron chi connectivity index (χ2n) is 5.71. The second kappa shape index (κ2) is 8.99. The van der Waals surface area contributed by atoms with Crippen LogP contribution in [-0.2, 0) is 11.2 Å². The maximum Gasteiger partial charge on any atom is 0.261 e. The molecule has 122 valence electrons. The van der Waals surface area contributed by atoms with Crippen LogP contribution in [0.3, 0.4) is 0 Å². The molecule has 0 heterocycles. The van der Waals surface area contributed by atoms with Gasteiger partial charge in [-0.05, 0) is 43.9 Å². The fraction of sp³-hybridized carbons (Fsp3) is 0.350. The van der Waals surface area contributed by atoms with E-state index < -0.39 is 6.10 Å². The topological polar surface area (TPSA) is 38.3 Å². The number of carbonyl (C=O) groups is 1. The molecule has 0 aliphatic carbocycles. The van der Waals surface area contributed by atoms with Crippen LogP contribution in [0.25, 0.3) is 0 Å². The van der Waals surface area contributed by atoms with Crippen molar-refractivity contribution < 1.29 is 9.53 Å². The lowest BCUT2D eigenvalue weighted by Crippen LogP contribution is -2.38. The van der Waals surface area contributed by atoms with Crippen LogP contribution in [0, 0.1) is 6.92 Å². The first-order valence-electron chi connectivity index (χ1n) is 8.24. The van der Waals surface area contributed by atoms with E-state index in [-0.39, 0.29) is 5.91 Å². The molecule has 0 bridgehead atoms. The maximum absolute atomic E-state index is 12.2. The molecule has 1 atom stereocenters. The minimum absolute atomic E-state index is 0.0406. The molecule has 0 aliphatic rings. The van der Waals surface area contributed by atoms with Crippen molar-refractivity contribution in [2.24, 2.45) is 0 Å². The van der Waals surface area contributed by atoms with E-state index in [1.807, 2.05) is 56.3 Å². The summed E-state index contributed by atoms with van der Waals surface area (Å²) in [6.07, 6.45) is 2.11. The van der Waals surface area contributed by atoms with Crippen molar-refractivity contribution in [3.8, 4) is 5.75 Å². The van der Waals surface area contributed by atoms with Crippen LogP contribution in [0.15, 0.2) is 54.6 Å². The number of amides is 1. The molecule has 0 saturated carbocycles. The molecule has 0 aromatic heterocycles. The molecular formula is C20H25NO2. The molecule has 1 amide bonds. The maximum atomic E-state index is 12.2. The molecule has 0 fully saturated rings. The van der Waals surface area contributed by atoms with E-state index in [4.69, 9.17) is 4.74 Å². The summed E-state index contributed by atoms with van der Waals surface area (Å²) in [5, 5.41) is 2.97. The number of aryl methyl sites for hydroxylation is 2. The molecule has 0 radical (unpaired) electrons. The van der Waals surface area contributed by atoms with Crippen molar-refractivity contribution in [2.45, 2.75) is 39.2 Å². The molecular weight excluding hydrogens is 286 g/mol. The van der Waals surface area contributed by atoms with Crippen LogP contribution in [0.1, 0.15) is 30.9 Å². The predicted octanol–water partition coefficient (Wildman–Crippen LogP) is 3.90. The van der Waals surface area contributed by atoms with Crippen LogP contribution in [0.5, 0.6) is 5.75 Å². The molecule has 3 heteroatoms. The molecule has 0 unspecified atom stereocenters. The lowest BCUT2D eigenvalue weighted by Gasteiger charge is -2.17. The Hall–Kier alpha value is -2.29. The van der Waals surface area contributed by atoms with Gasteiger partial charge in [0.05, 0.1) is 0 Å². The first-order valence-corrected chi connectivity index (χ1v) is 8.24. The number of rotatable bonds is 8. The van der Waals surface area contributed by atoms with E-state index in [9.17, 15) is 4.79 Å². The van der Waals surface area contributed by atoms with E-state index in [0.717, 1.165) is 18.6 Å². The lowest BCUT2D eigenvalue weighted by atomic mass is 10.1. The van der Waals surface area contributed by atoms with Crippen molar-refractivity contribution in [1.29, 1.82) is 0 Å². The van der Waals surface area contributed by atoms with Gasteiger partial charge in [-0.25, -0.2) is 0 Å². The van der Waals surface area contributed by atoms with Gasteiger partial charge in [-0.3, -0.25) is 4.79 Å². The van der Waals surface area contributed by atoms with Crippen molar-refractivity contribution in [1.82, 2.24) is 5.32 Å². The minimum Gasteiger partial charge on any atom is -0.481 e. The Morgan fingerprint density at radius 2 is 1.78 bits per heavy atom. The highest BCUT2D eigenvalue weighted by molar-refractivity contribution is 5.81. The first-order chi connectivity index (χ1) is 11.2. The molecule has 23 heavy (non-hydrogen) atoms. The van der Waals surface area contributed by atoms with Gasteiger partial charge in [0, 0.05) is 6.54 Å². The molecule has 0 saturated heterocycles. The minimum atomic E-state index is -0.436. The highest BCUT2D eigenvalue weighted by Gasteiger charge is 2.17. The van der Waals surface area contributed by atoms with E-state index in [0.29, 0.717) is 13.0 Å². The molecule has 3 nitrogen and oxygen atoms in total. The Morgan fingerprint density at radius 1 is 1.09 bits per heavy atom. The van der Waals surface area contributed by atoms with Gasteiger partial charge < -0.3 is 10.1 Å². The first kappa shape index (κ1) is 17.1. The third-order valence-electron chi connectivity index (χ3n) is 3.75. The third-order valence-corrected chi connectivity index (χ3v) is 3.75. The predicted molar refractivity (Wildman–Crippen MR) is 93.7 cm³/mol. The van der Waals surface area contributed by atoms with Crippen LogP contribution in [0.2, 0.25) is 0 Å².